The Morgan fingerprint density at radius 3 is 2.11 bits per heavy atom. The topological polar surface area (TPSA) is 51.2 Å². The van der Waals surface area contributed by atoms with E-state index in [0.29, 0.717) is 43.2 Å². The van der Waals surface area contributed by atoms with E-state index in [1.165, 1.54) is 17.7 Å². The highest BCUT2D eigenvalue weighted by molar-refractivity contribution is 5.76. The van der Waals surface area contributed by atoms with Gasteiger partial charge in [-0.05, 0) is 52.9 Å². The Morgan fingerprint density at radius 2 is 1.50 bits per heavy atom. The van der Waals surface area contributed by atoms with Gasteiger partial charge < -0.3 is 19.1 Å². The summed E-state index contributed by atoms with van der Waals surface area (Å²) in [6.07, 6.45) is 1.02. The highest BCUT2D eigenvalue weighted by atomic mass is 19.1. The number of hydrogen-bond donors (Lipinski definition) is 0. The molecule has 4 rings (SSSR count). The number of ether oxygens (including phenoxy) is 3. The molecule has 0 spiro atoms. The summed E-state index contributed by atoms with van der Waals surface area (Å²) in [7, 11) is 4.75. The molecule has 0 aromatic heterocycles. The number of carbonyl (C=O) groups excluding carboxylic acids is 1. The molecule has 0 atom stereocenters. The van der Waals surface area contributed by atoms with Crippen molar-refractivity contribution in [3.8, 4) is 28.4 Å². The average Bonchev–Trinajstić information content (AvgIpc) is 2.92. The van der Waals surface area contributed by atoms with Crippen LogP contribution in [-0.2, 0) is 17.8 Å². The van der Waals surface area contributed by atoms with E-state index in [9.17, 15) is 9.18 Å². The smallest absolute Gasteiger partial charge is 0.222 e. The van der Waals surface area contributed by atoms with Gasteiger partial charge in [-0.15, -0.1) is 0 Å². The van der Waals surface area contributed by atoms with Gasteiger partial charge in [-0.25, -0.2) is 4.39 Å². The molecule has 0 aliphatic carbocycles. The molecule has 1 amide bonds. The maximum absolute atomic E-state index is 13.4. The number of rotatable bonds is 9. The number of nitrogens with zero attached hydrogens (tertiary/aromatic N) is 2. The first-order chi connectivity index (χ1) is 17.5. The Balaban J connectivity index is 1.32. The third kappa shape index (κ3) is 5.97. The van der Waals surface area contributed by atoms with Crippen molar-refractivity contribution >= 4 is 5.91 Å². The lowest BCUT2D eigenvalue weighted by Crippen LogP contribution is -2.48. The first-order valence-electron chi connectivity index (χ1n) is 12.1. The van der Waals surface area contributed by atoms with Crippen molar-refractivity contribution in [1.82, 2.24) is 9.80 Å². The maximum atomic E-state index is 13.4. The molecule has 0 N–H and O–H groups in total. The van der Waals surface area contributed by atoms with Crippen molar-refractivity contribution in [2.24, 2.45) is 0 Å². The molecular weight excluding hydrogens is 459 g/mol. The minimum Gasteiger partial charge on any atom is -0.493 e. The Labute approximate surface area is 212 Å². The van der Waals surface area contributed by atoms with Gasteiger partial charge in [0, 0.05) is 39.1 Å². The van der Waals surface area contributed by atoms with Crippen LogP contribution in [0, 0.1) is 5.82 Å². The average molecular weight is 493 g/mol. The summed E-state index contributed by atoms with van der Waals surface area (Å²) in [6.45, 7) is 3.82. The predicted octanol–water partition coefficient (Wildman–Crippen LogP) is 4.80. The molecule has 7 heteroatoms. The number of hydrogen-bond acceptors (Lipinski definition) is 5. The standard InChI is InChI=1S/C29H33FN2O4/c1-34-26-18-21(19-27(35-2)29(26)36-3)8-13-28(33)32-16-14-31(15-17-32)20-23-6-4-5-7-25(23)22-9-11-24(30)12-10-22/h4-7,9-12,18-19H,8,13-17,20H2,1-3H3. The zero-order chi connectivity index (χ0) is 25.5. The molecule has 0 saturated carbocycles. The van der Waals surface area contributed by atoms with Crippen LogP contribution in [0.25, 0.3) is 11.1 Å². The molecule has 1 heterocycles. The molecule has 1 fully saturated rings. The fourth-order valence-electron chi connectivity index (χ4n) is 4.65. The van der Waals surface area contributed by atoms with E-state index in [2.05, 4.69) is 17.0 Å². The van der Waals surface area contributed by atoms with Crippen LogP contribution in [0.5, 0.6) is 17.2 Å². The molecule has 190 valence electrons. The third-order valence-electron chi connectivity index (χ3n) is 6.64. The lowest BCUT2D eigenvalue weighted by atomic mass is 9.99. The van der Waals surface area contributed by atoms with E-state index < -0.39 is 0 Å². The normalized spacial score (nSPS) is 13.9. The van der Waals surface area contributed by atoms with Gasteiger partial charge in [0.2, 0.25) is 11.7 Å². The van der Waals surface area contributed by atoms with Gasteiger partial charge in [-0.3, -0.25) is 9.69 Å². The van der Waals surface area contributed by atoms with Crippen LogP contribution in [0.1, 0.15) is 17.5 Å². The summed E-state index contributed by atoms with van der Waals surface area (Å²) in [6, 6.07) is 18.6. The second-order valence-corrected chi connectivity index (χ2v) is 8.85. The number of carbonyl (C=O) groups is 1. The number of halogens is 1. The van der Waals surface area contributed by atoms with Crippen LogP contribution >= 0.6 is 0 Å². The van der Waals surface area contributed by atoms with E-state index in [1.54, 1.807) is 21.3 Å². The van der Waals surface area contributed by atoms with Gasteiger partial charge in [0.1, 0.15) is 5.82 Å². The van der Waals surface area contributed by atoms with Gasteiger partial charge in [0.15, 0.2) is 11.5 Å². The first-order valence-corrected chi connectivity index (χ1v) is 12.1. The number of piperazine rings is 1. The summed E-state index contributed by atoms with van der Waals surface area (Å²) in [5, 5.41) is 0. The van der Waals surface area contributed by atoms with Crippen molar-refractivity contribution in [1.29, 1.82) is 0 Å². The molecule has 1 aliphatic rings. The Bertz CT molecular complexity index is 1150. The molecular formula is C29H33FN2O4. The molecule has 3 aromatic carbocycles. The zero-order valence-electron chi connectivity index (χ0n) is 21.1. The van der Waals surface area contributed by atoms with Crippen molar-refractivity contribution < 1.29 is 23.4 Å². The highest BCUT2D eigenvalue weighted by Gasteiger charge is 2.22. The predicted molar refractivity (Wildman–Crippen MR) is 138 cm³/mol. The number of aryl methyl sites for hydroxylation is 1. The van der Waals surface area contributed by atoms with Crippen LogP contribution in [0.3, 0.4) is 0 Å². The van der Waals surface area contributed by atoms with Crippen molar-refractivity contribution in [3.05, 3.63) is 77.6 Å². The van der Waals surface area contributed by atoms with Crippen LogP contribution in [0.15, 0.2) is 60.7 Å². The van der Waals surface area contributed by atoms with Crippen LogP contribution in [0.2, 0.25) is 0 Å². The highest BCUT2D eigenvalue weighted by Crippen LogP contribution is 2.38. The molecule has 6 nitrogen and oxygen atoms in total. The van der Waals surface area contributed by atoms with E-state index in [4.69, 9.17) is 14.2 Å². The van der Waals surface area contributed by atoms with Crippen LogP contribution in [0.4, 0.5) is 4.39 Å². The van der Waals surface area contributed by atoms with E-state index in [0.717, 1.165) is 36.3 Å². The fourth-order valence-corrected chi connectivity index (χ4v) is 4.65. The summed E-state index contributed by atoms with van der Waals surface area (Å²) in [4.78, 5) is 17.2. The molecule has 0 unspecified atom stereocenters. The minimum absolute atomic E-state index is 0.148. The van der Waals surface area contributed by atoms with Crippen molar-refractivity contribution in [3.63, 3.8) is 0 Å². The van der Waals surface area contributed by atoms with E-state index in [1.807, 2.05) is 41.3 Å². The SMILES string of the molecule is COc1cc(CCC(=O)N2CCN(Cc3ccccc3-c3ccc(F)cc3)CC2)cc(OC)c1OC. The lowest BCUT2D eigenvalue weighted by molar-refractivity contribution is -0.133. The summed E-state index contributed by atoms with van der Waals surface area (Å²) >= 11 is 0. The summed E-state index contributed by atoms with van der Waals surface area (Å²) in [5.41, 5.74) is 4.29. The van der Waals surface area contributed by atoms with E-state index in [-0.39, 0.29) is 11.7 Å². The first kappa shape index (κ1) is 25.5. The Kier molecular flexibility index (Phi) is 8.44. The van der Waals surface area contributed by atoms with Gasteiger partial charge >= 0.3 is 0 Å². The summed E-state index contributed by atoms with van der Waals surface area (Å²) in [5.74, 6) is 1.65. The van der Waals surface area contributed by atoms with Gasteiger partial charge in [0.25, 0.3) is 0 Å². The van der Waals surface area contributed by atoms with E-state index >= 15 is 0 Å². The maximum Gasteiger partial charge on any atom is 0.222 e. The Hall–Kier alpha value is -3.58. The number of methoxy groups -OCH3 is 3. The van der Waals surface area contributed by atoms with Crippen LogP contribution in [-0.4, -0.2) is 63.2 Å². The van der Waals surface area contributed by atoms with Gasteiger partial charge in [-0.1, -0.05) is 36.4 Å². The van der Waals surface area contributed by atoms with Crippen molar-refractivity contribution in [2.45, 2.75) is 19.4 Å². The quantitative estimate of drug-likeness (QED) is 0.430. The second-order valence-electron chi connectivity index (χ2n) is 8.85. The number of amides is 1. The van der Waals surface area contributed by atoms with Crippen molar-refractivity contribution in [2.75, 3.05) is 47.5 Å². The molecule has 1 saturated heterocycles. The zero-order valence-corrected chi connectivity index (χ0v) is 21.1. The summed E-state index contributed by atoms with van der Waals surface area (Å²) < 4.78 is 29.6. The van der Waals surface area contributed by atoms with Gasteiger partial charge in [0.05, 0.1) is 21.3 Å². The second kappa shape index (κ2) is 11.9. The van der Waals surface area contributed by atoms with Crippen LogP contribution < -0.4 is 14.2 Å². The molecule has 0 radical (unpaired) electrons. The minimum atomic E-state index is -0.234. The monoisotopic (exact) mass is 492 g/mol. The lowest BCUT2D eigenvalue weighted by Gasteiger charge is -2.35. The molecule has 1 aliphatic heterocycles. The number of benzene rings is 3. The fraction of sp³-hybridized carbons (Fsp3) is 0.345. The molecule has 36 heavy (non-hydrogen) atoms. The third-order valence-corrected chi connectivity index (χ3v) is 6.64. The molecule has 0 bridgehead atoms. The molecule has 3 aromatic rings. The largest absolute Gasteiger partial charge is 0.493 e. The Morgan fingerprint density at radius 1 is 0.861 bits per heavy atom. The van der Waals surface area contributed by atoms with Gasteiger partial charge in [-0.2, -0.15) is 0 Å².